The molecule has 1 heterocycles. The number of benzene rings is 1. The number of rotatable bonds is 3. The molecule has 1 aromatic carbocycles. The van der Waals surface area contributed by atoms with Gasteiger partial charge in [-0.1, -0.05) is 19.1 Å². The van der Waals surface area contributed by atoms with Crippen LogP contribution in [0.5, 0.6) is 5.75 Å². The van der Waals surface area contributed by atoms with Crippen molar-refractivity contribution in [2.75, 3.05) is 6.61 Å². The molecule has 0 aliphatic heterocycles. The van der Waals surface area contributed by atoms with Crippen LogP contribution in [0.25, 0.3) is 10.1 Å². The fraction of sp³-hybridized carbons (Fsp3) is 0.250. The molecule has 2 N–H and O–H groups in total. The number of aromatic hydroxyl groups is 1. The zero-order chi connectivity index (χ0) is 11.5. The molecule has 0 saturated carbocycles. The van der Waals surface area contributed by atoms with Crippen LogP contribution >= 0.6 is 11.3 Å². The van der Waals surface area contributed by atoms with E-state index in [4.69, 9.17) is 10.1 Å². The van der Waals surface area contributed by atoms with Gasteiger partial charge in [0.05, 0.1) is 6.61 Å². The number of fused-ring (bicyclic) bond motifs is 1. The van der Waals surface area contributed by atoms with Crippen molar-refractivity contribution in [2.24, 2.45) is 0 Å². The largest absolute Gasteiger partial charge is 0.506 e. The van der Waals surface area contributed by atoms with E-state index < -0.39 is 0 Å². The first-order valence-corrected chi connectivity index (χ1v) is 5.98. The fourth-order valence-corrected chi connectivity index (χ4v) is 2.45. The zero-order valence-corrected chi connectivity index (χ0v) is 9.80. The monoisotopic (exact) mass is 235 g/mol. The van der Waals surface area contributed by atoms with Crippen LogP contribution in [0.3, 0.4) is 0 Å². The van der Waals surface area contributed by atoms with Crippen LogP contribution in [0.4, 0.5) is 0 Å². The van der Waals surface area contributed by atoms with Gasteiger partial charge >= 0.3 is 0 Å². The number of thiophene rings is 1. The molecule has 3 nitrogen and oxygen atoms in total. The third kappa shape index (κ3) is 1.88. The van der Waals surface area contributed by atoms with Crippen molar-refractivity contribution < 1.29 is 9.84 Å². The predicted molar refractivity (Wildman–Crippen MR) is 66.6 cm³/mol. The van der Waals surface area contributed by atoms with Crippen molar-refractivity contribution in [2.45, 2.75) is 13.3 Å². The van der Waals surface area contributed by atoms with Gasteiger partial charge in [0.25, 0.3) is 0 Å². The van der Waals surface area contributed by atoms with Crippen LogP contribution in [-0.4, -0.2) is 17.6 Å². The van der Waals surface area contributed by atoms with Crippen LogP contribution in [0.2, 0.25) is 0 Å². The molecule has 0 aliphatic rings. The average Bonchev–Trinajstić information content (AvgIpc) is 2.64. The summed E-state index contributed by atoms with van der Waals surface area (Å²) in [5.41, 5.74) is 0. The van der Waals surface area contributed by atoms with Crippen molar-refractivity contribution in [1.82, 2.24) is 0 Å². The molecule has 16 heavy (non-hydrogen) atoms. The van der Waals surface area contributed by atoms with Gasteiger partial charge in [-0.2, -0.15) is 0 Å². The molecule has 0 fully saturated rings. The molecule has 0 unspecified atom stereocenters. The predicted octanol–water partition coefficient (Wildman–Crippen LogP) is 3.36. The summed E-state index contributed by atoms with van der Waals surface area (Å²) in [6, 6.07) is 7.56. The molecule has 4 heteroatoms. The Morgan fingerprint density at radius 1 is 1.44 bits per heavy atom. The number of hydrogen-bond acceptors (Lipinski definition) is 4. The Bertz CT molecular complexity index is 519. The van der Waals surface area contributed by atoms with Crippen molar-refractivity contribution in [3.8, 4) is 5.75 Å². The van der Waals surface area contributed by atoms with Crippen molar-refractivity contribution >= 4 is 27.3 Å². The molecule has 0 saturated heterocycles. The summed E-state index contributed by atoms with van der Waals surface area (Å²) in [5.74, 6) is 0.210. The summed E-state index contributed by atoms with van der Waals surface area (Å²) in [5, 5.41) is 18.5. The molecule has 2 rings (SSSR count). The zero-order valence-electron chi connectivity index (χ0n) is 8.99. The van der Waals surface area contributed by atoms with E-state index in [2.05, 4.69) is 0 Å². The van der Waals surface area contributed by atoms with E-state index in [0.717, 1.165) is 16.5 Å². The van der Waals surface area contributed by atoms with E-state index in [1.54, 1.807) is 0 Å². The van der Waals surface area contributed by atoms with Crippen LogP contribution in [0.15, 0.2) is 24.3 Å². The molecule has 0 amide bonds. The number of ether oxygens (including phenoxy) is 1. The molecule has 1 aromatic heterocycles. The van der Waals surface area contributed by atoms with E-state index >= 15 is 0 Å². The lowest BCUT2D eigenvalue weighted by molar-refractivity contribution is 0.302. The molecular formula is C12H13NO2S. The minimum absolute atomic E-state index is 0.0561. The third-order valence-electron chi connectivity index (χ3n) is 2.23. The van der Waals surface area contributed by atoms with Gasteiger partial charge in [-0.15, -0.1) is 11.3 Å². The minimum atomic E-state index is 0.0561. The highest BCUT2D eigenvalue weighted by Gasteiger charge is 2.15. The maximum absolute atomic E-state index is 9.95. The Labute approximate surface area is 97.8 Å². The lowest BCUT2D eigenvalue weighted by atomic mass is 10.2. The maximum Gasteiger partial charge on any atom is 0.227 e. The lowest BCUT2D eigenvalue weighted by Crippen LogP contribution is -2.03. The van der Waals surface area contributed by atoms with E-state index in [1.165, 1.54) is 11.3 Å². The molecule has 0 atom stereocenters. The minimum Gasteiger partial charge on any atom is -0.506 e. The second-order valence-electron chi connectivity index (χ2n) is 3.45. The van der Waals surface area contributed by atoms with Gasteiger partial charge in [0.1, 0.15) is 10.6 Å². The highest BCUT2D eigenvalue weighted by Crippen LogP contribution is 2.36. The Morgan fingerprint density at radius 2 is 2.19 bits per heavy atom. The molecule has 84 valence electrons. The average molecular weight is 235 g/mol. The first-order chi connectivity index (χ1) is 7.74. The van der Waals surface area contributed by atoms with Gasteiger partial charge in [-0.05, 0) is 18.6 Å². The van der Waals surface area contributed by atoms with Gasteiger partial charge in [-0.25, -0.2) is 0 Å². The highest BCUT2D eigenvalue weighted by atomic mass is 32.1. The Morgan fingerprint density at radius 3 is 2.88 bits per heavy atom. The summed E-state index contributed by atoms with van der Waals surface area (Å²) in [6.45, 7) is 2.49. The standard InChI is InChI=1S/C12H13NO2S/c1-2-7-15-12(13)11-10(14)8-5-3-4-6-9(8)16-11/h3-6,13-14H,2,7H2,1H3. The van der Waals surface area contributed by atoms with Crippen LogP contribution < -0.4 is 0 Å². The summed E-state index contributed by atoms with van der Waals surface area (Å²) in [4.78, 5) is 0.509. The number of hydrogen-bond donors (Lipinski definition) is 2. The number of nitrogens with one attached hydrogen (secondary N) is 1. The Kier molecular flexibility index (Phi) is 3.10. The summed E-state index contributed by atoms with van der Waals surface area (Å²) >= 11 is 1.38. The highest BCUT2D eigenvalue weighted by molar-refractivity contribution is 7.21. The van der Waals surface area contributed by atoms with Gasteiger partial charge in [-0.3, -0.25) is 5.41 Å². The Balaban J connectivity index is 2.37. The molecule has 0 aliphatic carbocycles. The molecule has 0 bridgehead atoms. The topological polar surface area (TPSA) is 53.3 Å². The lowest BCUT2D eigenvalue weighted by Gasteiger charge is -2.03. The summed E-state index contributed by atoms with van der Waals surface area (Å²) < 4.78 is 6.19. The van der Waals surface area contributed by atoms with Gasteiger partial charge < -0.3 is 9.84 Å². The SMILES string of the molecule is CCCOC(=N)c1sc2ccccc2c1O. The van der Waals surface area contributed by atoms with Gasteiger partial charge in [0, 0.05) is 10.1 Å². The second-order valence-corrected chi connectivity index (χ2v) is 4.51. The van der Waals surface area contributed by atoms with E-state index in [0.29, 0.717) is 11.5 Å². The molecular weight excluding hydrogens is 222 g/mol. The maximum atomic E-state index is 9.95. The van der Waals surface area contributed by atoms with E-state index in [1.807, 2.05) is 31.2 Å². The van der Waals surface area contributed by atoms with Gasteiger partial charge in [0.15, 0.2) is 0 Å². The first-order valence-electron chi connectivity index (χ1n) is 5.16. The quantitative estimate of drug-likeness (QED) is 0.633. The van der Waals surface area contributed by atoms with E-state index in [-0.39, 0.29) is 11.6 Å². The second kappa shape index (κ2) is 4.53. The fourth-order valence-electron chi connectivity index (χ4n) is 1.46. The van der Waals surface area contributed by atoms with Crippen LogP contribution in [-0.2, 0) is 4.74 Å². The van der Waals surface area contributed by atoms with Crippen molar-refractivity contribution in [3.63, 3.8) is 0 Å². The Hall–Kier alpha value is -1.55. The molecule has 2 aromatic rings. The molecule has 0 radical (unpaired) electrons. The smallest absolute Gasteiger partial charge is 0.227 e. The van der Waals surface area contributed by atoms with Gasteiger partial charge in [0.2, 0.25) is 5.90 Å². The van der Waals surface area contributed by atoms with Crippen LogP contribution in [0.1, 0.15) is 18.2 Å². The summed E-state index contributed by atoms with van der Waals surface area (Å²) in [6.07, 6.45) is 0.855. The normalized spacial score (nSPS) is 10.6. The third-order valence-corrected chi connectivity index (χ3v) is 3.38. The first kappa shape index (κ1) is 11.0. The van der Waals surface area contributed by atoms with Crippen molar-refractivity contribution in [1.29, 1.82) is 5.41 Å². The van der Waals surface area contributed by atoms with E-state index in [9.17, 15) is 5.11 Å². The molecule has 0 spiro atoms. The van der Waals surface area contributed by atoms with Crippen molar-refractivity contribution in [3.05, 3.63) is 29.1 Å². The van der Waals surface area contributed by atoms with Crippen LogP contribution in [0, 0.1) is 5.41 Å². The summed E-state index contributed by atoms with van der Waals surface area (Å²) in [7, 11) is 0.